The first kappa shape index (κ1) is 12.8. The first-order chi connectivity index (χ1) is 8.16. The fourth-order valence-corrected chi connectivity index (χ4v) is 1.19. The molecule has 0 saturated carbocycles. The zero-order valence-corrected chi connectivity index (χ0v) is 9.09. The van der Waals surface area contributed by atoms with Gasteiger partial charge in [0.25, 0.3) is 0 Å². The molecule has 0 amide bonds. The molecule has 1 rings (SSSR count). The normalized spacial score (nSPS) is 9.41. The van der Waals surface area contributed by atoms with Gasteiger partial charge in [-0.2, -0.15) is 0 Å². The third-order valence-electron chi connectivity index (χ3n) is 1.93. The Morgan fingerprint density at radius 3 is 2.47 bits per heavy atom. The summed E-state index contributed by atoms with van der Waals surface area (Å²) in [4.78, 5) is 22.4. The lowest BCUT2D eigenvalue weighted by molar-refractivity contribution is 0.0414. The van der Waals surface area contributed by atoms with E-state index in [1.807, 2.05) is 0 Å². The van der Waals surface area contributed by atoms with E-state index in [4.69, 9.17) is 14.6 Å². The van der Waals surface area contributed by atoms with Gasteiger partial charge in [0.15, 0.2) is 0 Å². The Kier molecular flexibility index (Phi) is 4.75. The van der Waals surface area contributed by atoms with E-state index in [2.05, 4.69) is 6.58 Å². The maximum atomic E-state index is 11.6. The van der Waals surface area contributed by atoms with Gasteiger partial charge in [0.2, 0.25) is 0 Å². The van der Waals surface area contributed by atoms with E-state index in [1.54, 1.807) is 12.1 Å². The van der Waals surface area contributed by atoms with Gasteiger partial charge in [-0.15, -0.1) is 0 Å². The van der Waals surface area contributed by atoms with Crippen LogP contribution < -0.4 is 0 Å². The molecule has 0 aliphatic heterocycles. The van der Waals surface area contributed by atoms with Crippen molar-refractivity contribution < 1.29 is 24.2 Å². The molecule has 0 atom stereocenters. The lowest BCUT2D eigenvalue weighted by Gasteiger charge is -2.06. The topological polar surface area (TPSA) is 72.8 Å². The molecule has 5 heteroatoms. The molecule has 0 radical (unpaired) electrons. The van der Waals surface area contributed by atoms with Crippen LogP contribution in [0.15, 0.2) is 37.1 Å². The smallest absolute Gasteiger partial charge is 0.339 e. The molecule has 90 valence electrons. The summed E-state index contributed by atoms with van der Waals surface area (Å²) in [6, 6.07) is 5.86. The van der Waals surface area contributed by atoms with Crippen molar-refractivity contribution >= 4 is 11.9 Å². The van der Waals surface area contributed by atoms with Crippen LogP contribution in [0.2, 0.25) is 0 Å². The van der Waals surface area contributed by atoms with Crippen LogP contribution in [0.5, 0.6) is 0 Å². The number of carboxylic acids is 1. The Hall–Kier alpha value is -2.30. The van der Waals surface area contributed by atoms with Gasteiger partial charge in [0.05, 0.1) is 17.4 Å². The predicted molar refractivity (Wildman–Crippen MR) is 59.8 cm³/mol. The Labute approximate surface area is 98.3 Å². The molecule has 0 aliphatic rings. The first-order valence-electron chi connectivity index (χ1n) is 4.88. The van der Waals surface area contributed by atoms with Crippen molar-refractivity contribution in [2.24, 2.45) is 0 Å². The van der Waals surface area contributed by atoms with Crippen LogP contribution in [0.25, 0.3) is 0 Å². The average Bonchev–Trinajstić information content (AvgIpc) is 2.34. The number of esters is 1. The second-order valence-corrected chi connectivity index (χ2v) is 3.02. The Morgan fingerprint density at radius 2 is 1.88 bits per heavy atom. The van der Waals surface area contributed by atoms with E-state index in [0.717, 1.165) is 0 Å². The van der Waals surface area contributed by atoms with Crippen molar-refractivity contribution in [2.45, 2.75) is 0 Å². The Bertz CT molecular complexity index is 425. The van der Waals surface area contributed by atoms with Crippen molar-refractivity contribution in [1.82, 2.24) is 0 Å². The first-order valence-corrected chi connectivity index (χ1v) is 4.88. The predicted octanol–water partition coefficient (Wildman–Crippen LogP) is 1.70. The zero-order valence-electron chi connectivity index (χ0n) is 9.09. The highest BCUT2D eigenvalue weighted by atomic mass is 16.6. The minimum atomic E-state index is -1.17. The highest BCUT2D eigenvalue weighted by Crippen LogP contribution is 2.10. The Morgan fingerprint density at radius 1 is 1.24 bits per heavy atom. The van der Waals surface area contributed by atoms with Crippen molar-refractivity contribution in [3.05, 3.63) is 48.2 Å². The van der Waals surface area contributed by atoms with Crippen molar-refractivity contribution in [3.63, 3.8) is 0 Å². The van der Waals surface area contributed by atoms with E-state index in [1.165, 1.54) is 18.4 Å². The number of aromatic carboxylic acids is 1. The van der Waals surface area contributed by atoms with Crippen molar-refractivity contribution in [3.8, 4) is 0 Å². The third kappa shape index (κ3) is 3.64. The summed E-state index contributed by atoms with van der Waals surface area (Å²) in [6.45, 7) is 3.56. The summed E-state index contributed by atoms with van der Waals surface area (Å²) in [5.41, 5.74) is -0.0549. The molecule has 1 aromatic carbocycles. The standard InChI is InChI=1S/C12H12O5/c1-2-16-7-8-17-12(15)10-6-4-3-5-9(10)11(13)14/h2-6H,1,7-8H2,(H,13,14). The molecule has 0 bridgehead atoms. The molecule has 1 N–H and O–H groups in total. The van der Waals surface area contributed by atoms with Gasteiger partial charge in [0.1, 0.15) is 13.2 Å². The fourth-order valence-electron chi connectivity index (χ4n) is 1.19. The minimum Gasteiger partial charge on any atom is -0.498 e. The molecule has 0 heterocycles. The summed E-state index contributed by atoms with van der Waals surface area (Å²) < 4.78 is 9.61. The molecule has 5 nitrogen and oxygen atoms in total. The third-order valence-corrected chi connectivity index (χ3v) is 1.93. The maximum absolute atomic E-state index is 11.6. The van der Waals surface area contributed by atoms with Gasteiger partial charge in [-0.05, 0) is 12.1 Å². The summed E-state index contributed by atoms with van der Waals surface area (Å²) >= 11 is 0. The number of hydrogen-bond acceptors (Lipinski definition) is 4. The van der Waals surface area contributed by atoms with E-state index < -0.39 is 11.9 Å². The van der Waals surface area contributed by atoms with Crippen LogP contribution in [0.3, 0.4) is 0 Å². The Balaban J connectivity index is 2.68. The number of carbonyl (C=O) groups excluding carboxylic acids is 1. The molecule has 0 unspecified atom stereocenters. The van der Waals surface area contributed by atoms with Gasteiger partial charge in [-0.1, -0.05) is 18.7 Å². The van der Waals surface area contributed by atoms with Gasteiger partial charge in [-0.25, -0.2) is 9.59 Å². The van der Waals surface area contributed by atoms with E-state index in [0.29, 0.717) is 0 Å². The highest BCUT2D eigenvalue weighted by Gasteiger charge is 2.16. The highest BCUT2D eigenvalue weighted by molar-refractivity contribution is 6.02. The zero-order chi connectivity index (χ0) is 12.7. The molecular formula is C12H12O5. The quantitative estimate of drug-likeness (QED) is 0.462. The van der Waals surface area contributed by atoms with Crippen LogP contribution in [-0.4, -0.2) is 30.3 Å². The van der Waals surface area contributed by atoms with Crippen LogP contribution in [-0.2, 0) is 9.47 Å². The van der Waals surface area contributed by atoms with Crippen molar-refractivity contribution in [1.29, 1.82) is 0 Å². The number of benzene rings is 1. The molecule has 0 fully saturated rings. The molecule has 0 aromatic heterocycles. The fraction of sp³-hybridized carbons (Fsp3) is 0.167. The number of rotatable bonds is 6. The average molecular weight is 236 g/mol. The lowest BCUT2D eigenvalue weighted by atomic mass is 10.1. The second-order valence-electron chi connectivity index (χ2n) is 3.02. The maximum Gasteiger partial charge on any atom is 0.339 e. The van der Waals surface area contributed by atoms with Gasteiger partial charge in [0, 0.05) is 0 Å². The molecule has 0 spiro atoms. The monoisotopic (exact) mass is 236 g/mol. The summed E-state index contributed by atoms with van der Waals surface area (Å²) in [5.74, 6) is -1.85. The number of ether oxygens (including phenoxy) is 2. The van der Waals surface area contributed by atoms with Crippen LogP contribution in [0.4, 0.5) is 0 Å². The van der Waals surface area contributed by atoms with Gasteiger partial charge in [-0.3, -0.25) is 0 Å². The number of carboxylic acid groups (broad SMARTS) is 1. The number of carbonyl (C=O) groups is 2. The van der Waals surface area contributed by atoms with Crippen molar-refractivity contribution in [2.75, 3.05) is 13.2 Å². The molecule has 17 heavy (non-hydrogen) atoms. The van der Waals surface area contributed by atoms with E-state index in [-0.39, 0.29) is 24.3 Å². The van der Waals surface area contributed by atoms with Gasteiger partial charge < -0.3 is 14.6 Å². The van der Waals surface area contributed by atoms with E-state index >= 15 is 0 Å². The molecule has 0 aliphatic carbocycles. The largest absolute Gasteiger partial charge is 0.498 e. The minimum absolute atomic E-state index is 0.0265. The van der Waals surface area contributed by atoms with Crippen LogP contribution >= 0.6 is 0 Å². The molecule has 0 saturated heterocycles. The summed E-state index contributed by atoms with van der Waals surface area (Å²) in [7, 11) is 0. The summed E-state index contributed by atoms with van der Waals surface area (Å²) in [6.07, 6.45) is 1.24. The van der Waals surface area contributed by atoms with Gasteiger partial charge >= 0.3 is 11.9 Å². The SMILES string of the molecule is C=COCCOC(=O)c1ccccc1C(=O)O. The molecular weight excluding hydrogens is 224 g/mol. The lowest BCUT2D eigenvalue weighted by Crippen LogP contribution is -2.13. The van der Waals surface area contributed by atoms with Crippen LogP contribution in [0.1, 0.15) is 20.7 Å². The van der Waals surface area contributed by atoms with E-state index in [9.17, 15) is 9.59 Å². The van der Waals surface area contributed by atoms with Crippen LogP contribution in [0, 0.1) is 0 Å². The molecule has 1 aromatic rings. The number of hydrogen-bond donors (Lipinski definition) is 1. The second kappa shape index (κ2) is 6.32. The summed E-state index contributed by atoms with van der Waals surface area (Å²) in [5, 5.41) is 8.88.